The van der Waals surface area contributed by atoms with Crippen LogP contribution in [0.25, 0.3) is 0 Å². The maximum atomic E-state index is 13.2. The van der Waals surface area contributed by atoms with E-state index < -0.39 is 48.2 Å². The summed E-state index contributed by atoms with van der Waals surface area (Å²) in [6.07, 6.45) is -2.70. The largest absolute Gasteiger partial charge is 0.463 e. The molecule has 2 fully saturated rings. The van der Waals surface area contributed by atoms with Crippen LogP contribution in [0.5, 0.6) is 0 Å². The molecule has 0 amide bonds. The molecule has 0 aromatic heterocycles. The van der Waals surface area contributed by atoms with Crippen molar-refractivity contribution in [1.29, 1.82) is 0 Å². The molecule has 196 valence electrons. The van der Waals surface area contributed by atoms with E-state index in [0.29, 0.717) is 22.5 Å². The summed E-state index contributed by atoms with van der Waals surface area (Å²) >= 11 is 0. The number of esters is 2. The minimum absolute atomic E-state index is 0.185. The van der Waals surface area contributed by atoms with Gasteiger partial charge in [-0.1, -0.05) is 30.3 Å². The van der Waals surface area contributed by atoms with Crippen molar-refractivity contribution >= 4 is 11.9 Å². The number of ether oxygens (including phenoxy) is 6. The fourth-order valence-electron chi connectivity index (χ4n) is 5.06. The first-order valence-electron chi connectivity index (χ1n) is 12.4. The monoisotopic (exact) mass is 501 g/mol. The summed E-state index contributed by atoms with van der Waals surface area (Å²) in [5, 5.41) is 3.15. The molecule has 1 aromatic rings. The molecule has 0 radical (unpaired) electrons. The van der Waals surface area contributed by atoms with Gasteiger partial charge < -0.3 is 33.7 Å². The molecule has 1 aromatic carbocycles. The van der Waals surface area contributed by atoms with Crippen LogP contribution in [-0.4, -0.2) is 55.5 Å². The van der Waals surface area contributed by atoms with Gasteiger partial charge in [0.1, 0.15) is 18.3 Å². The van der Waals surface area contributed by atoms with Crippen molar-refractivity contribution in [2.75, 3.05) is 13.2 Å². The molecule has 1 N–H and O–H groups in total. The van der Waals surface area contributed by atoms with Crippen molar-refractivity contribution in [3.05, 3.63) is 58.4 Å². The van der Waals surface area contributed by atoms with Gasteiger partial charge >= 0.3 is 11.9 Å². The molecular formula is C27H35NO8. The molecule has 3 heterocycles. The zero-order valence-electron chi connectivity index (χ0n) is 21.7. The van der Waals surface area contributed by atoms with Crippen LogP contribution in [0.1, 0.15) is 47.1 Å². The van der Waals surface area contributed by atoms with E-state index in [4.69, 9.17) is 28.4 Å². The summed E-state index contributed by atoms with van der Waals surface area (Å²) in [4.78, 5) is 26.4. The van der Waals surface area contributed by atoms with E-state index in [1.807, 2.05) is 44.2 Å². The third-order valence-electron chi connectivity index (χ3n) is 6.44. The van der Waals surface area contributed by atoms with Crippen LogP contribution in [0.4, 0.5) is 0 Å². The molecule has 9 nitrogen and oxygen atoms in total. The standard InChI is InChI=1S/C27H35NO8/c1-7-31-24(29)18-15(3)28-16(4)19(25(30)32-8-2)20(18)21-22(33-14-17-12-10-9-11-13-17)23-26(34-21)36-27(5,6)35-23/h9-13,20-23,26,28H,7-8,14H2,1-6H3/t21-,22+,23-,26-/m0/s1. The fraction of sp³-hybridized carbons (Fsp3) is 0.556. The number of hydrogen-bond donors (Lipinski definition) is 1. The summed E-state index contributed by atoms with van der Waals surface area (Å²) < 4.78 is 35.8. The molecule has 9 heteroatoms. The molecule has 0 spiro atoms. The highest BCUT2D eigenvalue weighted by Gasteiger charge is 2.59. The van der Waals surface area contributed by atoms with Crippen LogP contribution in [0.2, 0.25) is 0 Å². The van der Waals surface area contributed by atoms with Crippen molar-refractivity contribution in [3.63, 3.8) is 0 Å². The van der Waals surface area contributed by atoms with Crippen molar-refractivity contribution in [2.45, 2.75) is 78.5 Å². The fourth-order valence-corrected chi connectivity index (χ4v) is 5.06. The predicted octanol–water partition coefficient (Wildman–Crippen LogP) is 3.34. The lowest BCUT2D eigenvalue weighted by Gasteiger charge is -2.36. The van der Waals surface area contributed by atoms with Gasteiger partial charge in [-0.05, 0) is 47.1 Å². The first kappa shape index (κ1) is 26.3. The summed E-state index contributed by atoms with van der Waals surface area (Å²) in [6.45, 7) is 11.3. The average molecular weight is 502 g/mol. The number of fused-ring (bicyclic) bond motifs is 1. The van der Waals surface area contributed by atoms with Crippen molar-refractivity contribution in [1.82, 2.24) is 5.32 Å². The zero-order chi connectivity index (χ0) is 26.0. The minimum Gasteiger partial charge on any atom is -0.463 e. The molecule has 0 bridgehead atoms. The highest BCUT2D eigenvalue weighted by molar-refractivity contribution is 5.98. The van der Waals surface area contributed by atoms with Crippen molar-refractivity contribution in [3.8, 4) is 0 Å². The minimum atomic E-state index is -0.867. The Morgan fingerprint density at radius 3 is 2.06 bits per heavy atom. The quantitative estimate of drug-likeness (QED) is 0.538. The Kier molecular flexibility index (Phi) is 7.85. The molecule has 0 saturated carbocycles. The maximum absolute atomic E-state index is 13.2. The summed E-state index contributed by atoms with van der Waals surface area (Å²) in [5.74, 6) is -2.75. The predicted molar refractivity (Wildman–Crippen MR) is 129 cm³/mol. The molecule has 4 rings (SSSR count). The number of dihydropyridines is 1. The molecule has 2 saturated heterocycles. The number of carbonyl (C=O) groups excluding carboxylic acids is 2. The normalized spacial score (nSPS) is 27.6. The summed E-state index contributed by atoms with van der Waals surface area (Å²) in [5.41, 5.74) is 2.71. The lowest BCUT2D eigenvalue weighted by atomic mass is 9.79. The maximum Gasteiger partial charge on any atom is 0.336 e. The van der Waals surface area contributed by atoms with Crippen LogP contribution >= 0.6 is 0 Å². The van der Waals surface area contributed by atoms with E-state index >= 15 is 0 Å². The van der Waals surface area contributed by atoms with E-state index in [2.05, 4.69) is 5.32 Å². The number of benzene rings is 1. The lowest BCUT2D eigenvalue weighted by Crippen LogP contribution is -2.46. The van der Waals surface area contributed by atoms with Gasteiger partial charge in [0.15, 0.2) is 12.1 Å². The van der Waals surface area contributed by atoms with Gasteiger partial charge in [0.2, 0.25) is 0 Å². The topological polar surface area (TPSA) is 102 Å². The Bertz CT molecular complexity index is 1010. The zero-order valence-corrected chi connectivity index (χ0v) is 21.7. The smallest absolute Gasteiger partial charge is 0.336 e. The van der Waals surface area contributed by atoms with Crippen LogP contribution in [0.3, 0.4) is 0 Å². The van der Waals surface area contributed by atoms with Crippen molar-refractivity contribution in [2.24, 2.45) is 5.92 Å². The van der Waals surface area contributed by atoms with E-state index in [0.717, 1.165) is 5.56 Å². The third kappa shape index (κ3) is 5.20. The number of hydrogen-bond acceptors (Lipinski definition) is 9. The molecule has 3 aliphatic heterocycles. The molecule has 4 atom stereocenters. The van der Waals surface area contributed by atoms with Gasteiger partial charge in [-0.2, -0.15) is 0 Å². The Labute approximate surface area is 211 Å². The van der Waals surface area contributed by atoms with Gasteiger partial charge in [-0.3, -0.25) is 0 Å². The highest BCUT2D eigenvalue weighted by Crippen LogP contribution is 2.46. The SMILES string of the molecule is CCOC(=O)C1=C(C)NC(C)=C(C(=O)OCC)C1[C@@H]1O[C@H]2OC(C)(C)O[C@H]2[C@@H]1OCc1ccccc1. The second-order valence-electron chi connectivity index (χ2n) is 9.45. The second-order valence-corrected chi connectivity index (χ2v) is 9.45. The van der Waals surface area contributed by atoms with E-state index in [9.17, 15) is 9.59 Å². The van der Waals surface area contributed by atoms with Gasteiger partial charge in [0.05, 0.1) is 36.9 Å². The third-order valence-corrected chi connectivity index (χ3v) is 6.44. The van der Waals surface area contributed by atoms with Gasteiger partial charge in [-0.15, -0.1) is 0 Å². The molecule has 0 unspecified atom stereocenters. The Balaban J connectivity index is 1.75. The van der Waals surface area contributed by atoms with E-state index in [1.165, 1.54) is 0 Å². The number of nitrogens with one attached hydrogen (secondary N) is 1. The van der Waals surface area contributed by atoms with Crippen LogP contribution in [0, 0.1) is 5.92 Å². The second kappa shape index (κ2) is 10.7. The summed E-state index contributed by atoms with van der Waals surface area (Å²) in [6, 6.07) is 9.73. The van der Waals surface area contributed by atoms with Crippen LogP contribution in [0.15, 0.2) is 52.9 Å². The van der Waals surface area contributed by atoms with Gasteiger partial charge in [0.25, 0.3) is 0 Å². The van der Waals surface area contributed by atoms with Crippen LogP contribution < -0.4 is 5.32 Å². The first-order chi connectivity index (χ1) is 17.2. The number of rotatable bonds is 8. The number of allylic oxidation sites excluding steroid dienone is 2. The molecule has 3 aliphatic rings. The van der Waals surface area contributed by atoms with Crippen molar-refractivity contribution < 1.29 is 38.0 Å². The molecular weight excluding hydrogens is 466 g/mol. The van der Waals surface area contributed by atoms with E-state index in [1.54, 1.807) is 27.7 Å². The number of carbonyl (C=O) groups is 2. The van der Waals surface area contributed by atoms with Gasteiger partial charge in [0, 0.05) is 11.4 Å². The molecule has 0 aliphatic carbocycles. The average Bonchev–Trinajstić information content (AvgIpc) is 3.29. The first-order valence-corrected chi connectivity index (χ1v) is 12.4. The Hall–Kier alpha value is -2.72. The molecule has 36 heavy (non-hydrogen) atoms. The Morgan fingerprint density at radius 2 is 1.50 bits per heavy atom. The lowest BCUT2D eigenvalue weighted by molar-refractivity contribution is -0.223. The Morgan fingerprint density at radius 1 is 0.917 bits per heavy atom. The van der Waals surface area contributed by atoms with Gasteiger partial charge in [-0.25, -0.2) is 9.59 Å². The van der Waals surface area contributed by atoms with Crippen LogP contribution in [-0.2, 0) is 44.6 Å². The van der Waals surface area contributed by atoms with E-state index in [-0.39, 0.29) is 19.8 Å². The summed E-state index contributed by atoms with van der Waals surface area (Å²) in [7, 11) is 0. The highest BCUT2D eigenvalue weighted by atomic mass is 16.8.